The summed E-state index contributed by atoms with van der Waals surface area (Å²) in [6, 6.07) is 5.49. The maximum absolute atomic E-state index is 14.6. The normalized spacial score (nSPS) is 18.9. The highest BCUT2D eigenvalue weighted by atomic mass is 32.2. The Hall–Kier alpha value is -3.07. The minimum absolute atomic E-state index is 0.113. The monoisotopic (exact) mass is 598 g/mol. The van der Waals surface area contributed by atoms with Gasteiger partial charge in [-0.3, -0.25) is 9.78 Å². The van der Waals surface area contributed by atoms with Gasteiger partial charge in [-0.15, -0.1) is 11.3 Å². The van der Waals surface area contributed by atoms with E-state index in [0.717, 1.165) is 24.3 Å². The van der Waals surface area contributed by atoms with Gasteiger partial charge in [0.2, 0.25) is 5.91 Å². The summed E-state index contributed by atoms with van der Waals surface area (Å²) in [7, 11) is -4.51. The van der Waals surface area contributed by atoms with Crippen LogP contribution in [0.4, 0.5) is 35.1 Å². The number of carbonyl (C=O) groups is 1. The third-order valence-corrected chi connectivity index (χ3v) is 9.89. The van der Waals surface area contributed by atoms with Crippen LogP contribution in [-0.2, 0) is 31.5 Å². The van der Waals surface area contributed by atoms with Crippen LogP contribution >= 0.6 is 11.3 Å². The maximum atomic E-state index is 14.6. The second-order valence-electron chi connectivity index (χ2n) is 8.89. The van der Waals surface area contributed by atoms with Crippen LogP contribution in [0.25, 0.3) is 0 Å². The summed E-state index contributed by atoms with van der Waals surface area (Å²) in [4.78, 5) is 18.2. The molecule has 3 aromatic rings. The molecule has 2 heterocycles. The van der Waals surface area contributed by atoms with Gasteiger partial charge in [-0.2, -0.15) is 26.3 Å². The fourth-order valence-corrected chi connectivity index (χ4v) is 7.19. The van der Waals surface area contributed by atoms with Crippen LogP contribution in [0.5, 0.6) is 0 Å². The Morgan fingerprint density at radius 2 is 1.54 bits per heavy atom. The SMILES string of the molecule is O=C(Cc1cncs1)N1CC[C@](c2ccc(C(F)(C(F)(F)F)C(F)(F)F)cc2)(S(=O)(=O)c2ccc(F)cc2)C1. The zero-order chi connectivity index (χ0) is 28.9. The fraction of sp³-hybridized carbons (Fsp3) is 0.333. The van der Waals surface area contributed by atoms with Crippen molar-refractivity contribution in [1.82, 2.24) is 9.88 Å². The molecule has 0 bridgehead atoms. The average Bonchev–Trinajstić information content (AvgIpc) is 3.54. The van der Waals surface area contributed by atoms with Gasteiger partial charge < -0.3 is 4.90 Å². The van der Waals surface area contributed by atoms with Gasteiger partial charge in [-0.1, -0.05) is 24.3 Å². The number of alkyl halides is 7. The number of carbonyl (C=O) groups excluding carboxylic acids is 1. The quantitative estimate of drug-likeness (QED) is 0.269. The third kappa shape index (κ3) is 4.90. The molecule has 2 aromatic carbocycles. The number of thiazole rings is 1. The molecule has 1 fully saturated rings. The summed E-state index contributed by atoms with van der Waals surface area (Å²) < 4.78 is 133. The van der Waals surface area contributed by atoms with Gasteiger partial charge in [0.15, 0.2) is 9.84 Å². The Kier molecular flexibility index (Phi) is 7.30. The van der Waals surface area contributed by atoms with Gasteiger partial charge in [-0.25, -0.2) is 17.2 Å². The number of hydrogen-bond acceptors (Lipinski definition) is 5. The molecule has 1 aromatic heterocycles. The van der Waals surface area contributed by atoms with E-state index < -0.39 is 56.4 Å². The molecule has 0 saturated carbocycles. The van der Waals surface area contributed by atoms with Crippen LogP contribution in [0.15, 0.2) is 65.1 Å². The van der Waals surface area contributed by atoms with E-state index in [2.05, 4.69) is 4.98 Å². The number of benzene rings is 2. The van der Waals surface area contributed by atoms with Gasteiger partial charge in [-0.05, 0) is 36.2 Å². The van der Waals surface area contributed by atoms with Gasteiger partial charge in [0.25, 0.3) is 0 Å². The van der Waals surface area contributed by atoms with E-state index in [1.807, 2.05) is 0 Å². The number of halogens is 8. The van der Waals surface area contributed by atoms with Crippen molar-refractivity contribution in [2.24, 2.45) is 0 Å². The molecule has 39 heavy (non-hydrogen) atoms. The van der Waals surface area contributed by atoms with E-state index in [1.54, 1.807) is 0 Å². The molecule has 210 valence electrons. The minimum Gasteiger partial charge on any atom is -0.340 e. The lowest BCUT2D eigenvalue weighted by Gasteiger charge is -2.32. The van der Waals surface area contributed by atoms with Crippen LogP contribution in [0.3, 0.4) is 0 Å². The van der Waals surface area contributed by atoms with Crippen LogP contribution < -0.4 is 0 Å². The Morgan fingerprint density at radius 1 is 0.949 bits per heavy atom. The number of nitrogens with zero attached hydrogens (tertiary/aromatic N) is 2. The highest BCUT2D eigenvalue weighted by molar-refractivity contribution is 7.92. The van der Waals surface area contributed by atoms with Gasteiger partial charge >= 0.3 is 18.0 Å². The molecule has 0 aliphatic carbocycles. The van der Waals surface area contributed by atoms with E-state index in [1.165, 1.54) is 27.9 Å². The predicted molar refractivity (Wildman–Crippen MR) is 124 cm³/mol. The van der Waals surface area contributed by atoms with E-state index >= 15 is 0 Å². The number of aromatic nitrogens is 1. The summed E-state index contributed by atoms with van der Waals surface area (Å²) >= 11 is 1.19. The van der Waals surface area contributed by atoms with Crippen molar-refractivity contribution < 1.29 is 48.3 Å². The minimum atomic E-state index is -6.35. The molecule has 0 N–H and O–H groups in total. The van der Waals surface area contributed by atoms with Crippen molar-refractivity contribution in [2.45, 2.75) is 40.5 Å². The molecule has 1 amide bonds. The van der Waals surface area contributed by atoms with Crippen molar-refractivity contribution in [3.63, 3.8) is 0 Å². The fourth-order valence-electron chi connectivity index (χ4n) is 4.53. The summed E-state index contributed by atoms with van der Waals surface area (Å²) in [6.45, 7) is -0.610. The first kappa shape index (κ1) is 28.9. The van der Waals surface area contributed by atoms with E-state index in [-0.39, 0.29) is 42.0 Å². The van der Waals surface area contributed by atoms with Crippen LogP contribution in [0.2, 0.25) is 0 Å². The molecule has 5 nitrogen and oxygen atoms in total. The van der Waals surface area contributed by atoms with Gasteiger partial charge in [0, 0.05) is 29.7 Å². The molecular formula is C24H18F8N2O3S2. The van der Waals surface area contributed by atoms with Crippen molar-refractivity contribution in [1.29, 1.82) is 0 Å². The zero-order valence-corrected chi connectivity index (χ0v) is 21.2. The van der Waals surface area contributed by atoms with Gasteiger partial charge in [0.05, 0.1) is 16.8 Å². The van der Waals surface area contributed by atoms with Gasteiger partial charge in [0.1, 0.15) is 10.6 Å². The lowest BCUT2D eigenvalue weighted by atomic mass is 9.90. The van der Waals surface area contributed by atoms with E-state index in [9.17, 15) is 48.3 Å². The molecule has 0 spiro atoms. The number of amides is 1. The van der Waals surface area contributed by atoms with Crippen LogP contribution in [-0.4, -0.2) is 49.7 Å². The Labute approximate surface area is 221 Å². The molecular weight excluding hydrogens is 580 g/mol. The first-order valence-electron chi connectivity index (χ1n) is 11.1. The lowest BCUT2D eigenvalue weighted by molar-refractivity contribution is -0.348. The second kappa shape index (κ2) is 9.84. The first-order valence-corrected chi connectivity index (χ1v) is 13.5. The third-order valence-electron chi connectivity index (χ3n) is 6.62. The van der Waals surface area contributed by atoms with Crippen molar-refractivity contribution in [2.75, 3.05) is 13.1 Å². The van der Waals surface area contributed by atoms with Crippen molar-refractivity contribution >= 4 is 27.1 Å². The zero-order valence-electron chi connectivity index (χ0n) is 19.6. The summed E-state index contributed by atoms with van der Waals surface area (Å²) in [5.41, 5.74) is -6.25. The molecule has 1 aliphatic heterocycles. The molecule has 15 heteroatoms. The number of likely N-dealkylation sites (tertiary alicyclic amines) is 1. The predicted octanol–water partition coefficient (Wildman–Crippen LogP) is 5.72. The smallest absolute Gasteiger partial charge is 0.340 e. The van der Waals surface area contributed by atoms with Crippen molar-refractivity contribution in [3.05, 3.63) is 82.1 Å². The number of rotatable bonds is 6. The summed E-state index contributed by atoms with van der Waals surface area (Å²) in [6.07, 6.45) is -11.6. The molecule has 4 rings (SSSR count). The second-order valence-corrected chi connectivity index (χ2v) is 12.1. The Bertz CT molecular complexity index is 1420. The maximum Gasteiger partial charge on any atom is 0.435 e. The molecule has 1 aliphatic rings. The van der Waals surface area contributed by atoms with E-state index in [4.69, 9.17) is 0 Å². The highest BCUT2D eigenvalue weighted by Gasteiger charge is 2.73. The summed E-state index contributed by atoms with van der Waals surface area (Å²) in [5, 5.41) is 0. The molecule has 0 unspecified atom stereocenters. The highest BCUT2D eigenvalue weighted by Crippen LogP contribution is 2.53. The van der Waals surface area contributed by atoms with Crippen molar-refractivity contribution in [3.8, 4) is 0 Å². The lowest BCUT2D eigenvalue weighted by Crippen LogP contribution is -2.50. The standard InChI is InChI=1S/C24H18F8N2O3S2/c25-17-5-7-19(8-6-17)39(36,37)21(9-10-34(13-21)20(35)11-18-12-33-14-38-18)15-1-3-16(4-2-15)22(26,23(27,28)29)24(30,31)32/h1-8,12,14H,9-11,13H2/t21-/m0/s1. The van der Waals surface area contributed by atoms with Crippen LogP contribution in [0.1, 0.15) is 22.4 Å². The van der Waals surface area contributed by atoms with E-state index in [0.29, 0.717) is 17.0 Å². The van der Waals surface area contributed by atoms with Crippen LogP contribution in [0, 0.1) is 5.82 Å². The number of sulfone groups is 1. The average molecular weight is 599 g/mol. The number of hydrogen-bond donors (Lipinski definition) is 0. The topological polar surface area (TPSA) is 67.3 Å². The molecule has 1 atom stereocenters. The Morgan fingerprint density at radius 3 is 2.05 bits per heavy atom. The molecule has 1 saturated heterocycles. The first-order chi connectivity index (χ1) is 18.0. The summed E-state index contributed by atoms with van der Waals surface area (Å²) in [5.74, 6) is -1.23. The molecule has 0 radical (unpaired) electrons. The largest absolute Gasteiger partial charge is 0.435 e. The Balaban J connectivity index is 1.79.